The fraction of sp³-hybridized carbons (Fsp3) is 0.364. The van der Waals surface area contributed by atoms with Crippen molar-refractivity contribution in [3.63, 3.8) is 0 Å². The zero-order chi connectivity index (χ0) is 11.2. The summed E-state index contributed by atoms with van der Waals surface area (Å²) in [6, 6.07) is 7.72. The molecule has 0 unspecified atom stereocenters. The molecule has 3 heteroatoms. The summed E-state index contributed by atoms with van der Waals surface area (Å²) in [6.45, 7) is 6.47. The first-order chi connectivity index (χ1) is 6.54. The molecule has 0 saturated carbocycles. The molecule has 0 bridgehead atoms. The third-order valence-corrected chi connectivity index (χ3v) is 1.91. The van der Waals surface area contributed by atoms with E-state index in [9.17, 15) is 4.79 Å². The first-order valence-electron chi connectivity index (χ1n) is 4.35. The molecular weight excluding hydrogens is 194 g/mol. The molecule has 0 saturated heterocycles. The van der Waals surface area contributed by atoms with E-state index in [4.69, 9.17) is 0 Å². The van der Waals surface area contributed by atoms with Crippen LogP contribution >= 0.6 is 12.8 Å². The fourth-order valence-corrected chi connectivity index (χ4v) is 1.06. The third kappa shape index (κ3) is 3.94. The second-order valence-corrected chi connectivity index (χ2v) is 3.99. The van der Waals surface area contributed by atoms with Crippen LogP contribution in [-0.2, 0) is 5.41 Å². The second kappa shape index (κ2) is 5.83. The summed E-state index contributed by atoms with van der Waals surface area (Å²) >= 11 is 3.03. The number of rotatable bonds is 1. The van der Waals surface area contributed by atoms with Crippen molar-refractivity contribution in [3.05, 3.63) is 35.4 Å². The maximum Gasteiger partial charge on any atom is 0.150 e. The fourth-order valence-electron chi connectivity index (χ4n) is 1.06. The highest BCUT2D eigenvalue weighted by Gasteiger charge is 2.12. The number of thiol groups is 1. The minimum absolute atomic E-state index is 0.168. The van der Waals surface area contributed by atoms with Crippen LogP contribution in [0.2, 0.25) is 0 Å². The Morgan fingerprint density at radius 2 is 1.57 bits per heavy atom. The number of carbonyl (C=O) groups is 1. The van der Waals surface area contributed by atoms with Crippen molar-refractivity contribution in [2.75, 3.05) is 0 Å². The smallest absolute Gasteiger partial charge is 0.150 e. The predicted octanol–water partition coefficient (Wildman–Crippen LogP) is 2.59. The van der Waals surface area contributed by atoms with Gasteiger partial charge in [0, 0.05) is 5.56 Å². The number of hydrogen-bond donors (Lipinski definition) is 2. The standard InChI is InChI=1S/C11H14O.H3NS/c1-11(2,3)10-6-4-9(8-12)5-7-10;1-2/h4-8H,1-3H3;2H,1H2. The number of nitrogens with two attached hydrogens (primary N) is 1. The van der Waals surface area contributed by atoms with Gasteiger partial charge < -0.3 is 0 Å². The van der Waals surface area contributed by atoms with E-state index in [2.05, 4.69) is 38.7 Å². The van der Waals surface area contributed by atoms with Crippen LogP contribution < -0.4 is 5.14 Å². The molecule has 1 rings (SSSR count). The highest BCUT2D eigenvalue weighted by atomic mass is 32.1. The normalized spacial score (nSPS) is 10.1. The van der Waals surface area contributed by atoms with Crippen LogP contribution in [0.3, 0.4) is 0 Å². The summed E-state index contributed by atoms with van der Waals surface area (Å²) in [4.78, 5) is 10.4. The molecule has 1 aromatic carbocycles. The van der Waals surface area contributed by atoms with Crippen molar-refractivity contribution in [3.8, 4) is 0 Å². The van der Waals surface area contributed by atoms with Gasteiger partial charge in [-0.2, -0.15) is 0 Å². The van der Waals surface area contributed by atoms with E-state index >= 15 is 0 Å². The summed E-state index contributed by atoms with van der Waals surface area (Å²) in [6.07, 6.45) is 0.867. The van der Waals surface area contributed by atoms with E-state index in [1.165, 1.54) is 5.56 Å². The minimum atomic E-state index is 0.168. The SMILES string of the molecule is CC(C)(C)c1ccc(C=O)cc1.NS. The van der Waals surface area contributed by atoms with E-state index in [1.54, 1.807) is 0 Å². The van der Waals surface area contributed by atoms with Gasteiger partial charge in [-0.15, -0.1) is 12.8 Å². The molecule has 0 aliphatic carbocycles. The van der Waals surface area contributed by atoms with Gasteiger partial charge in [0.1, 0.15) is 6.29 Å². The number of hydrogen-bond acceptors (Lipinski definition) is 3. The first-order valence-corrected chi connectivity index (χ1v) is 4.87. The minimum Gasteiger partial charge on any atom is -0.298 e. The summed E-state index contributed by atoms with van der Waals surface area (Å²) in [5.74, 6) is 0. The molecule has 0 spiro atoms. The third-order valence-electron chi connectivity index (χ3n) is 1.91. The topological polar surface area (TPSA) is 43.1 Å². The van der Waals surface area contributed by atoms with Gasteiger partial charge in [-0.3, -0.25) is 9.93 Å². The molecule has 1 aromatic rings. The van der Waals surface area contributed by atoms with E-state index < -0.39 is 0 Å². The molecule has 0 fully saturated rings. The van der Waals surface area contributed by atoms with Crippen LogP contribution in [0.4, 0.5) is 0 Å². The Morgan fingerprint density at radius 1 is 1.14 bits per heavy atom. The Hall–Kier alpha value is -0.800. The summed E-state index contributed by atoms with van der Waals surface area (Å²) in [5.41, 5.74) is 2.16. The largest absolute Gasteiger partial charge is 0.298 e. The monoisotopic (exact) mass is 211 g/mol. The molecule has 0 aromatic heterocycles. The molecule has 0 radical (unpaired) electrons. The number of aldehydes is 1. The maximum atomic E-state index is 10.4. The quantitative estimate of drug-likeness (QED) is 0.554. The van der Waals surface area contributed by atoms with Crippen LogP contribution in [0.5, 0.6) is 0 Å². The van der Waals surface area contributed by atoms with Gasteiger partial charge in [0.05, 0.1) is 0 Å². The lowest BCUT2D eigenvalue weighted by atomic mass is 9.87. The first kappa shape index (κ1) is 13.2. The van der Waals surface area contributed by atoms with Crippen molar-refractivity contribution in [2.45, 2.75) is 26.2 Å². The van der Waals surface area contributed by atoms with Gasteiger partial charge in [0.2, 0.25) is 0 Å². The van der Waals surface area contributed by atoms with Crippen molar-refractivity contribution in [1.29, 1.82) is 0 Å². The molecule has 2 nitrogen and oxygen atoms in total. The molecule has 0 aliphatic rings. The Kier molecular flexibility index (Phi) is 5.50. The second-order valence-electron chi connectivity index (χ2n) is 3.99. The average molecular weight is 211 g/mol. The maximum absolute atomic E-state index is 10.4. The van der Waals surface area contributed by atoms with Crippen LogP contribution in [-0.4, -0.2) is 6.29 Å². The Bertz CT molecular complexity index is 274. The lowest BCUT2D eigenvalue weighted by molar-refractivity contribution is 0.112. The van der Waals surface area contributed by atoms with E-state index in [-0.39, 0.29) is 5.41 Å². The van der Waals surface area contributed by atoms with Crippen LogP contribution in [0.25, 0.3) is 0 Å². The van der Waals surface area contributed by atoms with Gasteiger partial charge in [-0.05, 0) is 11.0 Å². The highest BCUT2D eigenvalue weighted by Crippen LogP contribution is 2.21. The molecule has 0 atom stereocenters. The van der Waals surface area contributed by atoms with Gasteiger partial charge in [0.25, 0.3) is 0 Å². The molecule has 14 heavy (non-hydrogen) atoms. The number of benzene rings is 1. The van der Waals surface area contributed by atoms with Crippen molar-refractivity contribution in [2.24, 2.45) is 5.14 Å². The van der Waals surface area contributed by atoms with Crippen molar-refractivity contribution < 1.29 is 4.79 Å². The molecular formula is C11H17NOS. The van der Waals surface area contributed by atoms with E-state index in [0.29, 0.717) is 0 Å². The van der Waals surface area contributed by atoms with Gasteiger partial charge >= 0.3 is 0 Å². The van der Waals surface area contributed by atoms with Crippen molar-refractivity contribution >= 4 is 19.1 Å². The summed E-state index contributed by atoms with van der Waals surface area (Å²) < 4.78 is 0. The zero-order valence-electron chi connectivity index (χ0n) is 8.82. The molecule has 0 aliphatic heterocycles. The Balaban J connectivity index is 0.000000791. The zero-order valence-corrected chi connectivity index (χ0v) is 9.71. The van der Waals surface area contributed by atoms with Crippen LogP contribution in [0.15, 0.2) is 24.3 Å². The summed E-state index contributed by atoms with van der Waals surface area (Å²) in [7, 11) is 0. The lowest BCUT2D eigenvalue weighted by Gasteiger charge is -2.18. The lowest BCUT2D eigenvalue weighted by Crippen LogP contribution is -2.10. The average Bonchev–Trinajstić information content (AvgIpc) is 2.20. The Morgan fingerprint density at radius 3 is 1.86 bits per heavy atom. The molecule has 2 N–H and O–H groups in total. The van der Waals surface area contributed by atoms with E-state index in [0.717, 1.165) is 11.8 Å². The van der Waals surface area contributed by atoms with Crippen molar-refractivity contribution in [1.82, 2.24) is 0 Å². The summed E-state index contributed by atoms with van der Waals surface area (Å²) in [5, 5.41) is 4.19. The molecule has 0 heterocycles. The highest BCUT2D eigenvalue weighted by molar-refractivity contribution is 7.77. The molecule has 0 amide bonds. The van der Waals surface area contributed by atoms with E-state index in [1.807, 2.05) is 24.3 Å². The number of carbonyl (C=O) groups excluding carboxylic acids is 1. The predicted molar refractivity (Wildman–Crippen MR) is 63.7 cm³/mol. The van der Waals surface area contributed by atoms with Gasteiger partial charge in [-0.25, -0.2) is 0 Å². The Labute approximate surface area is 91.1 Å². The van der Waals surface area contributed by atoms with Gasteiger partial charge in [-0.1, -0.05) is 45.0 Å². The van der Waals surface area contributed by atoms with Gasteiger partial charge in [0.15, 0.2) is 0 Å². The van der Waals surface area contributed by atoms with Crippen LogP contribution in [0, 0.1) is 0 Å². The van der Waals surface area contributed by atoms with Crippen LogP contribution in [0.1, 0.15) is 36.7 Å². The molecule has 78 valence electrons.